The zero-order chi connectivity index (χ0) is 20.2. The Labute approximate surface area is 180 Å². The largest absolute Gasteiger partial charge is 0.478 e. The highest BCUT2D eigenvalue weighted by molar-refractivity contribution is 5.97. The molecule has 2 aromatic carbocycles. The summed E-state index contributed by atoms with van der Waals surface area (Å²) in [5.74, 6) is -0.470. The summed E-state index contributed by atoms with van der Waals surface area (Å²) >= 11 is 0. The van der Waals surface area contributed by atoms with E-state index in [0.29, 0.717) is 17.1 Å². The molecule has 30 heavy (non-hydrogen) atoms. The van der Waals surface area contributed by atoms with Gasteiger partial charge in [-0.2, -0.15) is 4.98 Å². The normalized spacial score (nSPS) is 13.4. The van der Waals surface area contributed by atoms with Crippen LogP contribution in [0, 0.1) is 0 Å². The molecular weight excluding hydrogens is 406 g/mol. The van der Waals surface area contributed by atoms with Crippen LogP contribution < -0.4 is 16.0 Å². The maximum atomic E-state index is 11.5. The number of carboxylic acids is 1. The van der Waals surface area contributed by atoms with Crippen molar-refractivity contribution in [3.63, 3.8) is 0 Å². The molecule has 0 bridgehead atoms. The fraction of sp³-hybridized carbons (Fsp3) is 0.190. The molecule has 8 nitrogen and oxygen atoms in total. The maximum Gasteiger partial charge on any atom is 0.336 e. The number of aromatic carboxylic acids is 1. The zero-order valence-corrected chi connectivity index (χ0v) is 16.9. The van der Waals surface area contributed by atoms with Crippen LogP contribution >= 0.6 is 12.4 Å². The van der Waals surface area contributed by atoms with Crippen molar-refractivity contribution in [2.45, 2.75) is 0 Å². The molecule has 1 aliphatic rings. The summed E-state index contributed by atoms with van der Waals surface area (Å²) in [4.78, 5) is 22.3. The smallest absolute Gasteiger partial charge is 0.336 e. The lowest BCUT2D eigenvalue weighted by atomic mass is 10.0. The summed E-state index contributed by atoms with van der Waals surface area (Å²) < 4.78 is 5.38. The van der Waals surface area contributed by atoms with Gasteiger partial charge in [0.1, 0.15) is 5.82 Å². The SMILES string of the molecule is Cl.Nc1nc(Nc2ccc(N3CCOCC3)cc2)ncc1-c1ccccc1C(=O)O. The van der Waals surface area contributed by atoms with Crippen LogP contribution in [0.3, 0.4) is 0 Å². The second kappa shape index (κ2) is 9.43. The van der Waals surface area contributed by atoms with E-state index in [-0.39, 0.29) is 23.8 Å². The van der Waals surface area contributed by atoms with E-state index in [1.165, 1.54) is 12.3 Å². The summed E-state index contributed by atoms with van der Waals surface area (Å²) in [6.45, 7) is 3.24. The molecule has 9 heteroatoms. The third-order valence-corrected chi connectivity index (χ3v) is 4.77. The molecule has 0 saturated carbocycles. The van der Waals surface area contributed by atoms with Gasteiger partial charge in [0.25, 0.3) is 0 Å². The Balaban J connectivity index is 0.00000256. The van der Waals surface area contributed by atoms with Gasteiger partial charge in [0.2, 0.25) is 5.95 Å². The standard InChI is InChI=1S/C21H21N5O3.ClH/c22-19-18(16-3-1-2-4-17(16)20(27)28)13-23-21(25-19)24-14-5-7-15(8-6-14)26-9-11-29-12-10-26;/h1-8,13H,9-12H2,(H,27,28)(H3,22,23,24,25);1H. The van der Waals surface area contributed by atoms with Crippen LogP contribution in [-0.2, 0) is 4.74 Å². The number of anilines is 4. The molecule has 4 rings (SSSR count). The molecule has 1 aliphatic heterocycles. The second-order valence-electron chi connectivity index (χ2n) is 6.61. The highest BCUT2D eigenvalue weighted by Gasteiger charge is 2.15. The average Bonchev–Trinajstić information content (AvgIpc) is 2.75. The lowest BCUT2D eigenvalue weighted by molar-refractivity contribution is 0.0697. The van der Waals surface area contributed by atoms with E-state index < -0.39 is 5.97 Å². The predicted molar refractivity (Wildman–Crippen MR) is 119 cm³/mol. The van der Waals surface area contributed by atoms with Gasteiger partial charge in [-0.1, -0.05) is 18.2 Å². The van der Waals surface area contributed by atoms with E-state index in [0.717, 1.165) is 37.7 Å². The third-order valence-electron chi connectivity index (χ3n) is 4.77. The summed E-state index contributed by atoms with van der Waals surface area (Å²) in [6, 6.07) is 14.6. The fourth-order valence-electron chi connectivity index (χ4n) is 3.27. The number of aromatic nitrogens is 2. The quantitative estimate of drug-likeness (QED) is 0.567. The minimum atomic E-state index is -1.03. The number of ether oxygens (including phenoxy) is 1. The number of hydrogen-bond acceptors (Lipinski definition) is 7. The highest BCUT2D eigenvalue weighted by Crippen LogP contribution is 2.28. The summed E-state index contributed by atoms with van der Waals surface area (Å²) in [6.07, 6.45) is 1.54. The topological polar surface area (TPSA) is 114 Å². The van der Waals surface area contributed by atoms with Gasteiger partial charge >= 0.3 is 5.97 Å². The van der Waals surface area contributed by atoms with Gasteiger partial charge in [0.15, 0.2) is 0 Å². The molecule has 0 atom stereocenters. The molecule has 0 aliphatic carbocycles. The molecule has 0 amide bonds. The first-order valence-electron chi connectivity index (χ1n) is 9.27. The number of carboxylic acid groups (broad SMARTS) is 1. The van der Waals surface area contributed by atoms with E-state index >= 15 is 0 Å². The molecule has 0 spiro atoms. The van der Waals surface area contributed by atoms with Gasteiger partial charge in [0.05, 0.1) is 18.8 Å². The van der Waals surface area contributed by atoms with Gasteiger partial charge in [-0.25, -0.2) is 9.78 Å². The van der Waals surface area contributed by atoms with E-state index in [9.17, 15) is 9.90 Å². The number of nitrogens with one attached hydrogen (secondary N) is 1. The van der Waals surface area contributed by atoms with E-state index in [1.54, 1.807) is 18.2 Å². The number of nitrogens with two attached hydrogens (primary N) is 1. The minimum Gasteiger partial charge on any atom is -0.478 e. The molecule has 1 saturated heterocycles. The van der Waals surface area contributed by atoms with Crippen molar-refractivity contribution in [1.82, 2.24) is 9.97 Å². The average molecular weight is 428 g/mol. The number of nitrogens with zero attached hydrogens (tertiary/aromatic N) is 3. The van der Waals surface area contributed by atoms with Crippen LogP contribution in [0.25, 0.3) is 11.1 Å². The summed E-state index contributed by atoms with van der Waals surface area (Å²) in [7, 11) is 0. The van der Waals surface area contributed by atoms with Gasteiger partial charge in [0, 0.05) is 41.8 Å². The molecule has 1 fully saturated rings. The Morgan fingerprint density at radius 3 is 2.43 bits per heavy atom. The van der Waals surface area contributed by atoms with Crippen LogP contribution in [0.2, 0.25) is 0 Å². The number of rotatable bonds is 5. The first-order chi connectivity index (χ1) is 14.1. The lowest BCUT2D eigenvalue weighted by Crippen LogP contribution is -2.36. The fourth-order valence-corrected chi connectivity index (χ4v) is 3.27. The van der Waals surface area contributed by atoms with Crippen LogP contribution in [-0.4, -0.2) is 47.3 Å². The second-order valence-corrected chi connectivity index (χ2v) is 6.61. The van der Waals surface area contributed by atoms with Gasteiger partial charge < -0.3 is 25.8 Å². The van der Waals surface area contributed by atoms with Crippen LogP contribution in [0.15, 0.2) is 54.7 Å². The van der Waals surface area contributed by atoms with Crippen LogP contribution in [0.4, 0.5) is 23.1 Å². The molecule has 0 unspecified atom stereocenters. The molecule has 3 aromatic rings. The van der Waals surface area contributed by atoms with Crippen molar-refractivity contribution >= 4 is 41.5 Å². The Morgan fingerprint density at radius 1 is 1.07 bits per heavy atom. The van der Waals surface area contributed by atoms with E-state index in [4.69, 9.17) is 10.5 Å². The Hall–Kier alpha value is -3.36. The molecule has 156 valence electrons. The van der Waals surface area contributed by atoms with Crippen molar-refractivity contribution in [3.05, 3.63) is 60.3 Å². The first kappa shape index (κ1) is 21.4. The molecule has 2 heterocycles. The molecule has 0 radical (unpaired) electrons. The van der Waals surface area contributed by atoms with E-state index in [2.05, 4.69) is 20.2 Å². The van der Waals surface area contributed by atoms with Crippen LogP contribution in [0.1, 0.15) is 10.4 Å². The maximum absolute atomic E-state index is 11.5. The number of benzene rings is 2. The van der Waals surface area contributed by atoms with Gasteiger partial charge in [-0.15, -0.1) is 12.4 Å². The van der Waals surface area contributed by atoms with Crippen molar-refractivity contribution in [2.24, 2.45) is 0 Å². The summed E-state index contributed by atoms with van der Waals surface area (Å²) in [5, 5.41) is 12.5. The van der Waals surface area contributed by atoms with Crippen molar-refractivity contribution in [1.29, 1.82) is 0 Å². The van der Waals surface area contributed by atoms with Crippen LogP contribution in [0.5, 0.6) is 0 Å². The Kier molecular flexibility index (Phi) is 6.71. The van der Waals surface area contributed by atoms with Crippen molar-refractivity contribution in [2.75, 3.05) is 42.3 Å². The Morgan fingerprint density at radius 2 is 1.77 bits per heavy atom. The van der Waals surface area contributed by atoms with Gasteiger partial charge in [-0.3, -0.25) is 0 Å². The number of hydrogen-bond donors (Lipinski definition) is 3. The molecule has 1 aromatic heterocycles. The predicted octanol–water partition coefficient (Wildman–Crippen LogP) is 3.43. The molecular formula is C21H22ClN5O3. The van der Waals surface area contributed by atoms with Gasteiger partial charge in [-0.05, 0) is 30.3 Å². The zero-order valence-electron chi connectivity index (χ0n) is 16.1. The minimum absolute atomic E-state index is 0. The molecule has 4 N–H and O–H groups in total. The number of carbonyl (C=O) groups is 1. The number of morpholine rings is 1. The highest BCUT2D eigenvalue weighted by atomic mass is 35.5. The lowest BCUT2D eigenvalue weighted by Gasteiger charge is -2.28. The third kappa shape index (κ3) is 4.61. The van der Waals surface area contributed by atoms with Crippen molar-refractivity contribution < 1.29 is 14.6 Å². The van der Waals surface area contributed by atoms with Crippen molar-refractivity contribution in [3.8, 4) is 11.1 Å². The summed E-state index contributed by atoms with van der Waals surface area (Å²) in [5.41, 5.74) is 9.19. The number of nitrogen functional groups attached to an aromatic ring is 1. The monoisotopic (exact) mass is 427 g/mol. The number of halogens is 1. The first-order valence-corrected chi connectivity index (χ1v) is 9.27. The Bertz CT molecular complexity index is 1020. The van der Waals surface area contributed by atoms with E-state index in [1.807, 2.05) is 24.3 Å².